The summed E-state index contributed by atoms with van der Waals surface area (Å²) >= 11 is 29.8. The fraction of sp³-hybridized carbons (Fsp3) is 0.588. The standard InChI is InChI=1S/C26H34ClN7O2.C26H34ClN7O.C23H30ClN7O.C22H26BrClN6O/c1-16-3-5-26(22(16)28)6-9-34(10-7-26)25-31-18-15-30-21(19(18)24(35)32(25)2)17-4-8-29-23(20(17)27)33-11-13-36-14-12-33;1-16-5-7-26(22(16)28)8-13-34(14-9-26)25-31-18-15-30-21(19(18)24(35)32(25)2)17-6-10-29-23(20(17)27)33-11-3-4-12-33;1-13-4-6-23(19(13)25)7-10-31(11-8-23)22-29-15-12-28-18(16(15)21(32)30(22)3)14-5-9-27-20(26-2)17(14)24;1-12-3-5-22(18(12)25)6-9-30(10-7-22)21-28-14-11-27-17(15(14)20(31)29(21)2)13-4-8-26-19(24)16(13)23/h4,8,16,22H,3,5-7,9-15,28H2,1-2H3;6,10,16,22H,3-5,7-9,11-15,28H2,1-2H3;5,9,13,19H,4,6-8,10-12,25H2,1-3H3,(H,26,27);4,8,12,18H,3,5-7,9-11,25H2,1-2H3/t2*16-,22-;13-,19-;12-,18-/m1111/s1. The Morgan fingerprint density at radius 1 is 0.373 bits per heavy atom. The number of nitrogens with zero attached hydrogens (tertiary/aromatic N) is 22. The molecule has 8 aromatic heterocycles. The minimum atomic E-state index is -0.0911. The Balaban J connectivity index is 0.000000115. The van der Waals surface area contributed by atoms with Gasteiger partial charge in [-0.15, -0.1) is 0 Å². The molecule has 18 heterocycles. The van der Waals surface area contributed by atoms with Gasteiger partial charge in [0.15, 0.2) is 0 Å². The number of halogens is 5. The van der Waals surface area contributed by atoms with Crippen molar-refractivity contribution in [2.75, 3.05) is 134 Å². The van der Waals surface area contributed by atoms with Crippen molar-refractivity contribution in [1.82, 2.24) is 58.1 Å². The van der Waals surface area contributed by atoms with Gasteiger partial charge in [0.1, 0.15) is 22.6 Å². The maximum Gasteiger partial charge on any atom is 0.264 e. The van der Waals surface area contributed by atoms with Crippen LogP contribution in [0.4, 0.5) is 41.2 Å². The molecule has 6 saturated heterocycles. The fourth-order valence-corrected chi connectivity index (χ4v) is 26.0. The van der Waals surface area contributed by atoms with Crippen molar-refractivity contribution in [3.8, 4) is 0 Å². The van der Waals surface area contributed by atoms with Crippen molar-refractivity contribution in [1.29, 1.82) is 0 Å². The first kappa shape index (κ1) is 93.8. The monoisotopic (exact) mass is 1970 g/mol. The van der Waals surface area contributed by atoms with E-state index in [1.807, 2.05) is 32.3 Å². The van der Waals surface area contributed by atoms with Crippen LogP contribution in [0.15, 0.2) is 92.7 Å². The van der Waals surface area contributed by atoms with E-state index in [0.29, 0.717) is 156 Å². The molecule has 0 bridgehead atoms. The summed E-state index contributed by atoms with van der Waals surface area (Å²) in [7, 11) is 8.97. The molecule has 4 spiro atoms. The summed E-state index contributed by atoms with van der Waals surface area (Å²) < 4.78 is 12.8. The second-order valence-corrected chi connectivity index (χ2v) is 42.4. The van der Waals surface area contributed by atoms with E-state index in [-0.39, 0.29) is 68.1 Å². The third kappa shape index (κ3) is 16.6. The smallest absolute Gasteiger partial charge is 0.264 e. The molecule has 9 N–H and O–H groups in total. The number of nitrogens with two attached hydrogens (primary N) is 4. The second kappa shape index (κ2) is 37.6. The zero-order valence-electron chi connectivity index (χ0n) is 78.3. The van der Waals surface area contributed by atoms with Gasteiger partial charge in [-0.1, -0.05) is 74.1 Å². The molecule has 0 amide bonds. The van der Waals surface area contributed by atoms with Crippen LogP contribution in [-0.2, 0) is 59.1 Å². The second-order valence-electron chi connectivity index (χ2n) is 40.1. The van der Waals surface area contributed by atoms with E-state index in [2.05, 4.69) is 108 Å². The highest BCUT2D eigenvalue weighted by atomic mass is 79.9. The number of hydrogen-bond donors (Lipinski definition) is 5. The maximum atomic E-state index is 13.7. The highest BCUT2D eigenvalue weighted by Crippen LogP contribution is 2.53. The van der Waals surface area contributed by atoms with Gasteiger partial charge in [0.2, 0.25) is 23.8 Å². The number of pyridine rings is 4. The van der Waals surface area contributed by atoms with Crippen molar-refractivity contribution in [2.45, 2.75) is 194 Å². The van der Waals surface area contributed by atoms with Gasteiger partial charge < -0.3 is 62.4 Å². The molecule has 22 rings (SSSR count). The van der Waals surface area contributed by atoms with Crippen molar-refractivity contribution < 1.29 is 4.74 Å². The lowest BCUT2D eigenvalue weighted by molar-refractivity contribution is 0.122. The average Bonchev–Trinajstić information content (AvgIpc) is 1.48. The van der Waals surface area contributed by atoms with Gasteiger partial charge in [-0.3, -0.25) is 57.4 Å². The van der Waals surface area contributed by atoms with E-state index in [9.17, 15) is 19.2 Å². The number of piperidine rings is 4. The van der Waals surface area contributed by atoms with E-state index >= 15 is 0 Å². The van der Waals surface area contributed by atoms with Crippen molar-refractivity contribution in [3.63, 3.8) is 0 Å². The van der Waals surface area contributed by atoms with E-state index in [1.54, 1.807) is 70.3 Å². The number of rotatable bonds is 11. The van der Waals surface area contributed by atoms with Crippen LogP contribution in [0.1, 0.15) is 211 Å². The predicted octanol–water partition coefficient (Wildman–Crippen LogP) is 11.3. The summed E-state index contributed by atoms with van der Waals surface area (Å²) in [5, 5.41) is 4.85. The molecular weight excluding hydrogens is 1840 g/mol. The van der Waals surface area contributed by atoms with Crippen LogP contribution < -0.4 is 79.9 Å². The first-order valence-corrected chi connectivity index (χ1v) is 50.4. The number of ether oxygens (including phenoxy) is 1. The van der Waals surface area contributed by atoms with E-state index in [1.165, 1.54) is 51.4 Å². The van der Waals surface area contributed by atoms with E-state index < -0.39 is 0 Å². The lowest BCUT2D eigenvalue weighted by atomic mass is 9.73. The van der Waals surface area contributed by atoms with Gasteiger partial charge in [0, 0.05) is 185 Å². The number of nitrogens with one attached hydrogen (secondary N) is 1. The molecule has 10 fully saturated rings. The van der Waals surface area contributed by atoms with Crippen molar-refractivity contribution in [2.24, 2.45) is 116 Å². The summed E-state index contributed by atoms with van der Waals surface area (Å²) in [5.41, 5.74) is 37.5. The molecule has 712 valence electrons. The first-order chi connectivity index (χ1) is 64.5. The molecular formula is C97H124BrCl4N27O5. The molecule has 4 saturated carbocycles. The Morgan fingerprint density at radius 3 is 0.948 bits per heavy atom. The Labute approximate surface area is 809 Å². The van der Waals surface area contributed by atoms with Crippen LogP contribution in [0.5, 0.6) is 0 Å². The Bertz CT molecular complexity index is 6290. The molecule has 8 aromatic rings. The molecule has 0 aromatic carbocycles. The molecule has 4 aliphatic carbocycles. The number of hydrogen-bond acceptors (Lipinski definition) is 28. The number of anilines is 7. The van der Waals surface area contributed by atoms with Crippen LogP contribution in [0.3, 0.4) is 0 Å². The SMILES string of the molecule is CNc1nccc(C2=NCc3nc(N4CCC5(CC[C@@H](C)[C@H]5N)CC4)n(C)c(=O)c32)c1Cl.C[C@@H]1CCC2(CCN(c3nc4c(c(=O)n3C)C(c3ccnc(Cl)c3Br)=NC4)CC2)[C@@H]1N.C[C@@H]1CCC2(CCN(c3nc4c(c(=O)n3C)C(c3ccnc(N5CCCC5)c3Cl)=NC4)CC2)[C@@H]1N.C[C@@H]1CCC2(CCN(c3nc4c(c(=O)n3C)C(c3ccnc(N5CCOCC5)c3Cl)=NC4)CC2)[C@@H]1N. The van der Waals surface area contributed by atoms with Crippen LogP contribution in [0.25, 0.3) is 0 Å². The molecule has 0 radical (unpaired) electrons. The first-order valence-electron chi connectivity index (χ1n) is 48.1. The largest absolute Gasteiger partial charge is 0.378 e. The Morgan fingerprint density at radius 2 is 0.649 bits per heavy atom. The third-order valence-electron chi connectivity index (χ3n) is 33.2. The van der Waals surface area contributed by atoms with Gasteiger partial charge in [-0.25, -0.2) is 39.9 Å². The maximum absolute atomic E-state index is 13.7. The van der Waals surface area contributed by atoms with Gasteiger partial charge in [-0.05, 0) is 201 Å². The van der Waals surface area contributed by atoms with Gasteiger partial charge in [-0.2, -0.15) is 0 Å². The van der Waals surface area contributed by atoms with Crippen LogP contribution >= 0.6 is 62.3 Å². The van der Waals surface area contributed by atoms with E-state index in [0.717, 1.165) is 206 Å². The van der Waals surface area contributed by atoms with Gasteiger partial charge in [0.25, 0.3) is 22.2 Å². The van der Waals surface area contributed by atoms with Gasteiger partial charge >= 0.3 is 0 Å². The number of morpholine rings is 1. The third-order valence-corrected chi connectivity index (χ3v) is 35.6. The highest BCUT2D eigenvalue weighted by Gasteiger charge is 2.52. The molecule has 134 heavy (non-hydrogen) atoms. The summed E-state index contributed by atoms with van der Waals surface area (Å²) in [4.78, 5) is 123. The minimum absolute atomic E-state index is 0.0664. The summed E-state index contributed by atoms with van der Waals surface area (Å²) in [5.74, 6) is 7.29. The number of aliphatic imine (C=N–C) groups is 4. The predicted molar refractivity (Wildman–Crippen MR) is 535 cm³/mol. The van der Waals surface area contributed by atoms with Crippen molar-refractivity contribution in [3.05, 3.63) is 182 Å². The normalized spacial score (nSPS) is 24.9. The molecule has 8 atom stereocenters. The molecule has 10 aliphatic heterocycles. The van der Waals surface area contributed by atoms with Crippen LogP contribution in [0, 0.1) is 45.3 Å². The molecule has 0 unspecified atom stereocenters. The summed E-state index contributed by atoms with van der Waals surface area (Å²) in [6.45, 7) is 22.2. The lowest BCUT2D eigenvalue weighted by Crippen LogP contribution is -2.49. The molecule has 32 nitrogen and oxygen atoms in total. The number of fused-ring (bicyclic) bond motifs is 4. The molecule has 14 aliphatic rings. The zero-order valence-corrected chi connectivity index (χ0v) is 82.9. The fourth-order valence-electron chi connectivity index (χ4n) is 24.5. The summed E-state index contributed by atoms with van der Waals surface area (Å²) in [6.07, 6.45) is 27.1. The lowest BCUT2D eigenvalue weighted by Gasteiger charge is -2.43. The molecule has 37 heteroatoms. The van der Waals surface area contributed by atoms with Crippen molar-refractivity contribution >= 4 is 126 Å². The summed E-state index contributed by atoms with van der Waals surface area (Å²) in [6, 6.07) is 8.38. The van der Waals surface area contributed by atoms with Gasteiger partial charge in [0.05, 0.1) is 127 Å². The Kier molecular flexibility index (Phi) is 26.4. The highest BCUT2D eigenvalue weighted by molar-refractivity contribution is 9.10. The average molecular weight is 1970 g/mol. The Hall–Kier alpha value is -9.16. The topological polar surface area (TPSA) is 385 Å². The van der Waals surface area contributed by atoms with Crippen LogP contribution in [0.2, 0.25) is 20.2 Å². The quantitative estimate of drug-likeness (QED) is 0.0751. The van der Waals surface area contributed by atoms with Crippen LogP contribution in [-0.4, -0.2) is 204 Å². The van der Waals surface area contributed by atoms with E-state index in [4.69, 9.17) is 104 Å². The zero-order chi connectivity index (χ0) is 93.9. The minimum Gasteiger partial charge on any atom is -0.378 e. The number of aromatic nitrogens is 12.